The van der Waals surface area contributed by atoms with Gasteiger partial charge in [0.05, 0.1) is 0 Å². The van der Waals surface area contributed by atoms with Crippen LogP contribution < -0.4 is 4.74 Å². The Morgan fingerprint density at radius 3 is 2.50 bits per heavy atom. The molecule has 0 heterocycles. The quantitative estimate of drug-likeness (QED) is 0.688. The lowest BCUT2D eigenvalue weighted by Crippen LogP contribution is -2.02. The number of aliphatic carboxylic acids is 1. The van der Waals surface area contributed by atoms with Crippen LogP contribution in [-0.2, 0) is 11.2 Å². The molecule has 0 fully saturated rings. The summed E-state index contributed by atoms with van der Waals surface area (Å²) >= 11 is 6.01. The van der Waals surface area contributed by atoms with Crippen LogP contribution >= 0.6 is 11.6 Å². The molecule has 3 rings (SSSR count). The zero-order valence-electron chi connectivity index (χ0n) is 14.9. The number of allylic oxidation sites excluding steroid dienone is 1. The molecule has 2 aromatic carbocycles. The first-order valence-corrected chi connectivity index (χ1v) is 9.32. The van der Waals surface area contributed by atoms with Gasteiger partial charge in [0.15, 0.2) is 0 Å². The van der Waals surface area contributed by atoms with Gasteiger partial charge in [0.25, 0.3) is 0 Å². The third kappa shape index (κ3) is 4.67. The van der Waals surface area contributed by atoms with Gasteiger partial charge in [0, 0.05) is 11.4 Å². The normalized spacial score (nSPS) is 16.8. The summed E-state index contributed by atoms with van der Waals surface area (Å²) in [6.07, 6.45) is 2.88. The number of hydrogen-bond donors (Lipinski definition) is 1. The van der Waals surface area contributed by atoms with E-state index in [2.05, 4.69) is 19.1 Å². The van der Waals surface area contributed by atoms with Crippen LogP contribution in [-0.4, -0.2) is 17.7 Å². The molecule has 0 radical (unpaired) electrons. The van der Waals surface area contributed by atoms with E-state index in [1.54, 1.807) is 0 Å². The number of carboxylic acids is 1. The average Bonchev–Trinajstić information content (AvgIpc) is 3.00. The molecule has 1 N–H and O–H groups in total. The number of rotatable bonds is 7. The first-order chi connectivity index (χ1) is 12.5. The van der Waals surface area contributed by atoms with Gasteiger partial charge < -0.3 is 9.84 Å². The maximum absolute atomic E-state index is 10.6. The summed E-state index contributed by atoms with van der Waals surface area (Å²) in [7, 11) is 0. The third-order valence-electron chi connectivity index (χ3n) is 4.87. The summed E-state index contributed by atoms with van der Waals surface area (Å²) in [6.45, 7) is 2.84. The fraction of sp³-hybridized carbons (Fsp3) is 0.318. The van der Waals surface area contributed by atoms with E-state index >= 15 is 0 Å². The predicted molar refractivity (Wildman–Crippen MR) is 105 cm³/mol. The van der Waals surface area contributed by atoms with Crippen LogP contribution in [0.25, 0.3) is 5.57 Å². The molecular weight excluding hydrogens is 348 g/mol. The van der Waals surface area contributed by atoms with E-state index in [0.29, 0.717) is 18.9 Å². The van der Waals surface area contributed by atoms with Crippen LogP contribution in [0.5, 0.6) is 5.75 Å². The molecule has 4 heteroatoms. The van der Waals surface area contributed by atoms with Crippen molar-refractivity contribution < 1.29 is 14.6 Å². The molecule has 1 aliphatic carbocycles. The molecule has 136 valence electrons. The molecule has 0 saturated carbocycles. The number of ether oxygens (including phenoxy) is 1. The molecule has 26 heavy (non-hydrogen) atoms. The Kier molecular flexibility index (Phi) is 6.00. The van der Waals surface area contributed by atoms with E-state index < -0.39 is 5.97 Å². The van der Waals surface area contributed by atoms with E-state index in [1.807, 2.05) is 36.4 Å². The van der Waals surface area contributed by atoms with Gasteiger partial charge in [-0.1, -0.05) is 42.8 Å². The van der Waals surface area contributed by atoms with E-state index in [-0.39, 0.29) is 6.42 Å². The number of halogens is 1. The molecule has 1 unspecified atom stereocenters. The molecule has 1 atom stereocenters. The summed E-state index contributed by atoms with van der Waals surface area (Å²) in [4.78, 5) is 10.6. The highest BCUT2D eigenvalue weighted by atomic mass is 35.5. The Balaban J connectivity index is 1.67. The lowest BCUT2D eigenvalue weighted by Gasteiger charge is -2.13. The second kappa shape index (κ2) is 8.41. The Bertz CT molecular complexity index is 791. The minimum absolute atomic E-state index is 0.148. The summed E-state index contributed by atoms with van der Waals surface area (Å²) in [5, 5.41) is 9.50. The number of carbonyl (C=O) groups is 1. The second-order valence-corrected chi connectivity index (χ2v) is 7.23. The molecule has 2 aromatic rings. The summed E-state index contributed by atoms with van der Waals surface area (Å²) in [6, 6.07) is 15.7. The van der Waals surface area contributed by atoms with Crippen molar-refractivity contribution in [1.29, 1.82) is 0 Å². The smallest absolute Gasteiger partial charge is 0.303 e. The SMILES string of the molecule is CC1CCC(COc2ccc(CCC(=O)O)cc2)=C1c1ccc(Cl)cc1. The van der Waals surface area contributed by atoms with E-state index in [1.165, 1.54) is 16.7 Å². The summed E-state index contributed by atoms with van der Waals surface area (Å²) < 4.78 is 5.99. The van der Waals surface area contributed by atoms with Crippen molar-refractivity contribution in [1.82, 2.24) is 0 Å². The first kappa shape index (κ1) is 18.5. The average molecular weight is 371 g/mol. The number of hydrogen-bond acceptors (Lipinski definition) is 2. The molecule has 0 amide bonds. The zero-order chi connectivity index (χ0) is 18.5. The van der Waals surface area contributed by atoms with Gasteiger partial charge in [0.2, 0.25) is 0 Å². The van der Waals surface area contributed by atoms with Gasteiger partial charge in [-0.25, -0.2) is 0 Å². The van der Waals surface area contributed by atoms with Crippen molar-refractivity contribution in [2.24, 2.45) is 5.92 Å². The van der Waals surface area contributed by atoms with E-state index in [9.17, 15) is 4.79 Å². The Morgan fingerprint density at radius 2 is 1.85 bits per heavy atom. The molecule has 0 aliphatic heterocycles. The second-order valence-electron chi connectivity index (χ2n) is 6.79. The zero-order valence-corrected chi connectivity index (χ0v) is 15.6. The lowest BCUT2D eigenvalue weighted by molar-refractivity contribution is -0.136. The van der Waals surface area contributed by atoms with E-state index in [0.717, 1.165) is 29.2 Å². The fourth-order valence-corrected chi connectivity index (χ4v) is 3.59. The monoisotopic (exact) mass is 370 g/mol. The van der Waals surface area contributed by atoms with Gasteiger partial charge in [-0.2, -0.15) is 0 Å². The molecule has 1 aliphatic rings. The molecule has 0 bridgehead atoms. The highest BCUT2D eigenvalue weighted by molar-refractivity contribution is 6.30. The Morgan fingerprint density at radius 1 is 1.15 bits per heavy atom. The van der Waals surface area contributed by atoms with Gasteiger partial charge >= 0.3 is 5.97 Å². The molecular formula is C22H23ClO3. The number of carboxylic acid groups (broad SMARTS) is 1. The highest BCUT2D eigenvalue weighted by Gasteiger charge is 2.23. The van der Waals surface area contributed by atoms with Crippen molar-refractivity contribution in [3.05, 3.63) is 70.3 Å². The number of benzene rings is 2. The van der Waals surface area contributed by atoms with E-state index in [4.69, 9.17) is 21.4 Å². The Hall–Kier alpha value is -2.26. The van der Waals surface area contributed by atoms with Crippen molar-refractivity contribution in [3.8, 4) is 5.75 Å². The summed E-state index contributed by atoms with van der Waals surface area (Å²) in [5.41, 5.74) is 4.95. The van der Waals surface area contributed by atoms with Crippen LogP contribution in [0.3, 0.4) is 0 Å². The number of aryl methyl sites for hydroxylation is 1. The molecule has 3 nitrogen and oxygen atoms in total. The van der Waals surface area contributed by atoms with Gasteiger partial charge in [-0.15, -0.1) is 0 Å². The summed E-state index contributed by atoms with van der Waals surface area (Å²) in [5.74, 6) is 0.558. The molecule has 0 aromatic heterocycles. The maximum atomic E-state index is 10.6. The van der Waals surface area contributed by atoms with Gasteiger partial charge in [-0.05, 0) is 71.7 Å². The van der Waals surface area contributed by atoms with Crippen molar-refractivity contribution >= 4 is 23.1 Å². The first-order valence-electron chi connectivity index (χ1n) is 8.94. The third-order valence-corrected chi connectivity index (χ3v) is 5.12. The van der Waals surface area contributed by atoms with Crippen molar-refractivity contribution in [2.45, 2.75) is 32.6 Å². The van der Waals surface area contributed by atoms with Crippen molar-refractivity contribution in [3.63, 3.8) is 0 Å². The van der Waals surface area contributed by atoms with Gasteiger partial charge in [-0.3, -0.25) is 4.79 Å². The maximum Gasteiger partial charge on any atom is 0.303 e. The minimum atomic E-state index is -0.776. The van der Waals surface area contributed by atoms with Crippen molar-refractivity contribution in [2.75, 3.05) is 6.61 Å². The minimum Gasteiger partial charge on any atom is -0.489 e. The van der Waals surface area contributed by atoms with Crippen LogP contribution in [0, 0.1) is 5.92 Å². The van der Waals surface area contributed by atoms with Gasteiger partial charge in [0.1, 0.15) is 12.4 Å². The van der Waals surface area contributed by atoms with Crippen LogP contribution in [0.4, 0.5) is 0 Å². The highest BCUT2D eigenvalue weighted by Crippen LogP contribution is 2.39. The standard InChI is InChI=1S/C22H23ClO3/c1-15-2-6-18(22(15)17-7-9-19(23)10-8-17)14-26-20-11-3-16(4-12-20)5-13-21(24)25/h3-4,7-12,15H,2,5-6,13-14H2,1H3,(H,24,25). The van der Waals surface area contributed by atoms with Crippen LogP contribution in [0.15, 0.2) is 54.1 Å². The molecule has 0 spiro atoms. The van der Waals surface area contributed by atoms with Crippen LogP contribution in [0.1, 0.15) is 37.3 Å². The topological polar surface area (TPSA) is 46.5 Å². The van der Waals surface area contributed by atoms with Crippen LogP contribution in [0.2, 0.25) is 5.02 Å². The fourth-order valence-electron chi connectivity index (χ4n) is 3.46. The Labute approximate surface area is 159 Å². The molecule has 0 saturated heterocycles. The predicted octanol–water partition coefficient (Wildman–Crippen LogP) is 5.62. The largest absolute Gasteiger partial charge is 0.489 e. The lowest BCUT2D eigenvalue weighted by atomic mass is 9.95.